The molecule has 0 spiro atoms. The Balaban J connectivity index is 3.23. The van der Waals surface area contributed by atoms with Gasteiger partial charge < -0.3 is 20.5 Å². The summed E-state index contributed by atoms with van der Waals surface area (Å²) in [6, 6.07) is 4.88. The summed E-state index contributed by atoms with van der Waals surface area (Å²) >= 11 is 6.12. The van der Waals surface area contributed by atoms with Crippen LogP contribution in [0.1, 0.15) is 16.8 Å². The zero-order valence-corrected chi connectivity index (χ0v) is 11.9. The molecule has 0 aliphatic carbocycles. The van der Waals surface area contributed by atoms with E-state index in [-0.39, 0.29) is 22.7 Å². The Labute approximate surface area is 122 Å². The average molecular weight is 298 g/mol. The summed E-state index contributed by atoms with van der Waals surface area (Å²) in [5.74, 6) is -1.12. The number of nitrogens with two attached hydrogens (primary N) is 1. The van der Waals surface area contributed by atoms with Crippen molar-refractivity contribution in [1.29, 1.82) is 5.26 Å². The van der Waals surface area contributed by atoms with Crippen LogP contribution in [0.4, 0.5) is 11.4 Å². The van der Waals surface area contributed by atoms with Crippen LogP contribution in [0.3, 0.4) is 0 Å². The molecule has 0 aliphatic heterocycles. The maximum absolute atomic E-state index is 11.3. The lowest BCUT2D eigenvalue weighted by Crippen LogP contribution is -2.30. The molecule has 1 aromatic carbocycles. The smallest absolute Gasteiger partial charge is 0.337 e. The van der Waals surface area contributed by atoms with Crippen molar-refractivity contribution >= 4 is 28.9 Å². The molecular weight excluding hydrogens is 282 g/mol. The second-order valence-corrected chi connectivity index (χ2v) is 4.50. The van der Waals surface area contributed by atoms with Crippen LogP contribution in [0.5, 0.6) is 0 Å². The van der Waals surface area contributed by atoms with Crippen LogP contribution in [-0.2, 0) is 4.74 Å². The summed E-state index contributed by atoms with van der Waals surface area (Å²) in [6.45, 7) is 1.19. The molecular formula is C13H16ClN3O3. The number of nitriles is 1. The molecule has 0 aromatic heterocycles. The van der Waals surface area contributed by atoms with E-state index in [9.17, 15) is 9.90 Å². The Hall–Kier alpha value is -1.97. The first-order valence-corrected chi connectivity index (χ1v) is 6.32. The number of hydrogen-bond donors (Lipinski definition) is 2. The summed E-state index contributed by atoms with van der Waals surface area (Å²) in [7, 11) is 1.55. The number of benzene rings is 1. The van der Waals surface area contributed by atoms with Crippen molar-refractivity contribution in [2.45, 2.75) is 6.42 Å². The Morgan fingerprint density at radius 3 is 2.80 bits per heavy atom. The van der Waals surface area contributed by atoms with Crippen molar-refractivity contribution in [1.82, 2.24) is 0 Å². The van der Waals surface area contributed by atoms with Gasteiger partial charge >= 0.3 is 5.97 Å². The lowest BCUT2D eigenvalue weighted by Gasteiger charge is -2.26. The van der Waals surface area contributed by atoms with E-state index in [0.29, 0.717) is 25.4 Å². The van der Waals surface area contributed by atoms with Gasteiger partial charge in [0.2, 0.25) is 0 Å². The van der Waals surface area contributed by atoms with Crippen molar-refractivity contribution in [2.75, 3.05) is 37.4 Å². The third-order valence-electron chi connectivity index (χ3n) is 2.69. The van der Waals surface area contributed by atoms with Gasteiger partial charge in [0.15, 0.2) is 0 Å². The molecule has 0 saturated heterocycles. The van der Waals surface area contributed by atoms with Gasteiger partial charge in [-0.25, -0.2) is 4.79 Å². The summed E-state index contributed by atoms with van der Waals surface area (Å²) in [5.41, 5.74) is 6.28. The van der Waals surface area contributed by atoms with Crippen molar-refractivity contribution in [3.63, 3.8) is 0 Å². The number of nitrogens with zero attached hydrogens (tertiary/aromatic N) is 2. The summed E-state index contributed by atoms with van der Waals surface area (Å²) in [5, 5.41) is 18.2. The molecule has 0 amide bonds. The Morgan fingerprint density at radius 1 is 1.55 bits per heavy atom. The zero-order valence-electron chi connectivity index (χ0n) is 11.1. The monoisotopic (exact) mass is 297 g/mol. The summed E-state index contributed by atoms with van der Waals surface area (Å²) in [4.78, 5) is 13.1. The predicted molar refractivity (Wildman–Crippen MR) is 77.1 cm³/mol. The Kier molecular flexibility index (Phi) is 6.10. The number of anilines is 2. The van der Waals surface area contributed by atoms with E-state index in [0.717, 1.165) is 0 Å². The van der Waals surface area contributed by atoms with Crippen LogP contribution in [0.25, 0.3) is 0 Å². The van der Waals surface area contributed by atoms with E-state index in [1.54, 1.807) is 12.0 Å². The van der Waals surface area contributed by atoms with Gasteiger partial charge in [-0.2, -0.15) is 5.26 Å². The first kappa shape index (κ1) is 16.1. The molecule has 3 N–H and O–H groups in total. The number of carboxylic acid groups (broad SMARTS) is 1. The van der Waals surface area contributed by atoms with E-state index < -0.39 is 5.97 Å². The van der Waals surface area contributed by atoms with Gasteiger partial charge in [0, 0.05) is 25.9 Å². The van der Waals surface area contributed by atoms with Gasteiger partial charge in [0.05, 0.1) is 35.4 Å². The van der Waals surface area contributed by atoms with Crippen LogP contribution >= 0.6 is 11.6 Å². The molecule has 0 atom stereocenters. The molecule has 7 heteroatoms. The number of ether oxygens (including phenoxy) is 1. The fourth-order valence-electron chi connectivity index (χ4n) is 1.83. The highest BCUT2D eigenvalue weighted by Gasteiger charge is 2.20. The van der Waals surface area contributed by atoms with Gasteiger partial charge in [0.1, 0.15) is 0 Å². The number of carbonyl (C=O) groups is 1. The average Bonchev–Trinajstić information content (AvgIpc) is 2.39. The van der Waals surface area contributed by atoms with Crippen LogP contribution < -0.4 is 10.6 Å². The number of aromatic carboxylic acids is 1. The molecule has 6 nitrogen and oxygen atoms in total. The second-order valence-electron chi connectivity index (χ2n) is 4.09. The minimum absolute atomic E-state index is 0.0176. The fourth-order valence-corrected chi connectivity index (χ4v) is 2.17. The number of rotatable bonds is 7. The van der Waals surface area contributed by atoms with Gasteiger partial charge in [0.25, 0.3) is 0 Å². The topological polar surface area (TPSA) is 99.6 Å². The quantitative estimate of drug-likeness (QED) is 0.747. The van der Waals surface area contributed by atoms with Crippen molar-refractivity contribution < 1.29 is 14.6 Å². The van der Waals surface area contributed by atoms with Gasteiger partial charge in [-0.3, -0.25) is 0 Å². The third kappa shape index (κ3) is 4.02. The predicted octanol–water partition coefficient (Wildman–Crippen LogP) is 1.99. The molecule has 0 unspecified atom stereocenters. The maximum atomic E-state index is 11.3. The van der Waals surface area contributed by atoms with E-state index in [1.165, 1.54) is 12.1 Å². The van der Waals surface area contributed by atoms with Gasteiger partial charge in [-0.1, -0.05) is 11.6 Å². The van der Waals surface area contributed by atoms with Crippen LogP contribution in [-0.4, -0.2) is 37.9 Å². The van der Waals surface area contributed by atoms with Gasteiger partial charge in [-0.05, 0) is 12.1 Å². The lowest BCUT2D eigenvalue weighted by molar-refractivity contribution is 0.0697. The molecule has 0 heterocycles. The Morgan fingerprint density at radius 2 is 2.25 bits per heavy atom. The van der Waals surface area contributed by atoms with E-state index in [2.05, 4.69) is 0 Å². The second kappa shape index (κ2) is 7.58. The van der Waals surface area contributed by atoms with Crippen molar-refractivity contribution in [2.24, 2.45) is 0 Å². The molecule has 0 aliphatic rings. The number of carboxylic acids is 1. The molecule has 0 fully saturated rings. The molecule has 1 rings (SSSR count). The minimum atomic E-state index is -1.12. The highest BCUT2D eigenvalue weighted by Crippen LogP contribution is 2.32. The molecule has 0 saturated carbocycles. The van der Waals surface area contributed by atoms with Crippen LogP contribution in [0, 0.1) is 11.3 Å². The summed E-state index contributed by atoms with van der Waals surface area (Å²) < 4.78 is 5.00. The first-order valence-electron chi connectivity index (χ1n) is 5.94. The highest BCUT2D eigenvalue weighted by atomic mass is 35.5. The van der Waals surface area contributed by atoms with E-state index >= 15 is 0 Å². The molecule has 20 heavy (non-hydrogen) atoms. The number of nitrogen functional groups attached to an aromatic ring is 1. The molecule has 108 valence electrons. The molecule has 1 aromatic rings. The number of hydrogen-bond acceptors (Lipinski definition) is 5. The fraction of sp³-hybridized carbons (Fsp3) is 0.385. The zero-order chi connectivity index (χ0) is 15.1. The van der Waals surface area contributed by atoms with Gasteiger partial charge in [-0.15, -0.1) is 0 Å². The highest BCUT2D eigenvalue weighted by molar-refractivity contribution is 6.34. The largest absolute Gasteiger partial charge is 0.478 e. The number of methoxy groups -OCH3 is 1. The first-order chi connectivity index (χ1) is 9.51. The lowest BCUT2D eigenvalue weighted by atomic mass is 10.1. The Bertz CT molecular complexity index is 528. The third-order valence-corrected chi connectivity index (χ3v) is 2.98. The maximum Gasteiger partial charge on any atom is 0.337 e. The van der Waals surface area contributed by atoms with E-state index in [1.807, 2.05) is 6.07 Å². The van der Waals surface area contributed by atoms with Crippen molar-refractivity contribution in [3.05, 3.63) is 22.7 Å². The van der Waals surface area contributed by atoms with E-state index in [4.69, 9.17) is 27.3 Å². The van der Waals surface area contributed by atoms with Crippen molar-refractivity contribution in [3.8, 4) is 6.07 Å². The molecule has 0 radical (unpaired) electrons. The summed E-state index contributed by atoms with van der Waals surface area (Å²) in [6.07, 6.45) is 0.253. The van der Waals surface area contributed by atoms with Crippen LogP contribution in [0.2, 0.25) is 5.02 Å². The SMILES string of the molecule is COCCN(CCC#N)c1c(Cl)cc(N)cc1C(=O)O. The molecule has 0 bridgehead atoms. The number of halogens is 1. The normalized spacial score (nSPS) is 10.1. The minimum Gasteiger partial charge on any atom is -0.478 e. The standard InChI is InChI=1S/C13H16ClN3O3/c1-20-6-5-17(4-2-3-15)12-10(13(18)19)7-9(16)8-11(12)14/h7-8H,2,4-6,16H2,1H3,(H,18,19). The van der Waals surface area contributed by atoms with Crippen LogP contribution in [0.15, 0.2) is 12.1 Å².